The lowest BCUT2D eigenvalue weighted by Crippen LogP contribution is -2.20. The van der Waals surface area contributed by atoms with Gasteiger partial charge in [-0.25, -0.2) is 5.43 Å². The van der Waals surface area contributed by atoms with Crippen molar-refractivity contribution in [3.63, 3.8) is 0 Å². The maximum absolute atomic E-state index is 12.4. The molecule has 0 spiro atoms. The highest BCUT2D eigenvalue weighted by molar-refractivity contribution is 7.98. The van der Waals surface area contributed by atoms with Gasteiger partial charge in [-0.2, -0.15) is 16.9 Å². The van der Waals surface area contributed by atoms with Crippen LogP contribution in [0.3, 0.4) is 0 Å². The maximum atomic E-state index is 12.4. The second-order valence-electron chi connectivity index (χ2n) is 5.82. The van der Waals surface area contributed by atoms with E-state index < -0.39 is 0 Å². The number of thioether (sulfide) groups is 1. The van der Waals surface area contributed by atoms with Crippen LogP contribution in [0.4, 0.5) is 0 Å². The van der Waals surface area contributed by atoms with Crippen LogP contribution in [0, 0.1) is 0 Å². The number of thiophene rings is 1. The first-order chi connectivity index (χ1) is 13.6. The monoisotopic (exact) mass is 448 g/mol. The molecule has 0 saturated heterocycles. The van der Waals surface area contributed by atoms with E-state index in [1.807, 2.05) is 42.1 Å². The predicted octanol–water partition coefficient (Wildman–Crippen LogP) is 6.49. The minimum atomic E-state index is -0.290. The number of carbonyl (C=O) groups excluding carboxylic acids is 1. The summed E-state index contributed by atoms with van der Waals surface area (Å²) in [5.41, 5.74) is 4.74. The summed E-state index contributed by atoms with van der Waals surface area (Å²) in [6.07, 6.45) is 0. The lowest BCUT2D eigenvalue weighted by atomic mass is 10.1. The van der Waals surface area contributed by atoms with Crippen LogP contribution in [0.1, 0.15) is 32.6 Å². The Balaban J connectivity index is 1.88. The second kappa shape index (κ2) is 10.1. The Labute approximate surface area is 182 Å². The van der Waals surface area contributed by atoms with Gasteiger partial charge in [0.2, 0.25) is 0 Å². The van der Waals surface area contributed by atoms with Gasteiger partial charge >= 0.3 is 0 Å². The zero-order valence-electron chi connectivity index (χ0n) is 15.1. The molecule has 3 rings (SSSR count). The molecule has 0 saturated carbocycles. The topological polar surface area (TPSA) is 41.5 Å². The molecule has 0 aliphatic heterocycles. The van der Waals surface area contributed by atoms with Crippen LogP contribution in [0.15, 0.2) is 65.8 Å². The van der Waals surface area contributed by atoms with Crippen molar-refractivity contribution in [3.8, 4) is 0 Å². The number of carbonyl (C=O) groups is 1. The number of amides is 1. The Morgan fingerprint density at radius 2 is 1.57 bits per heavy atom. The van der Waals surface area contributed by atoms with Crippen molar-refractivity contribution in [1.29, 1.82) is 0 Å². The fourth-order valence-electron chi connectivity index (χ4n) is 2.43. The molecule has 3 aromatic rings. The van der Waals surface area contributed by atoms with E-state index in [0.717, 1.165) is 21.9 Å². The zero-order valence-corrected chi connectivity index (χ0v) is 18.3. The third-order valence-corrected chi connectivity index (χ3v) is 6.54. The molecule has 144 valence electrons. The van der Waals surface area contributed by atoms with Gasteiger partial charge in [0, 0.05) is 31.8 Å². The van der Waals surface area contributed by atoms with Crippen LogP contribution in [-0.2, 0) is 5.75 Å². The number of hydrogen-bond donors (Lipinski definition) is 1. The van der Waals surface area contributed by atoms with E-state index in [9.17, 15) is 4.79 Å². The van der Waals surface area contributed by atoms with Crippen LogP contribution in [0.25, 0.3) is 0 Å². The molecule has 0 aliphatic carbocycles. The van der Waals surface area contributed by atoms with E-state index in [-0.39, 0.29) is 5.91 Å². The van der Waals surface area contributed by atoms with Crippen LogP contribution >= 0.6 is 46.3 Å². The Morgan fingerprint density at radius 1 is 0.964 bits per heavy atom. The van der Waals surface area contributed by atoms with Gasteiger partial charge in [-0.1, -0.05) is 42.3 Å². The van der Waals surface area contributed by atoms with Gasteiger partial charge in [-0.15, -0.1) is 11.3 Å². The summed E-state index contributed by atoms with van der Waals surface area (Å²) < 4.78 is 0. The highest BCUT2D eigenvalue weighted by atomic mass is 35.5. The van der Waals surface area contributed by atoms with Gasteiger partial charge in [0.15, 0.2) is 0 Å². The Bertz CT molecular complexity index is 967. The summed E-state index contributed by atoms with van der Waals surface area (Å²) in [4.78, 5) is 14.7. The molecule has 0 fully saturated rings. The molecule has 0 unspecified atom stereocenters. The summed E-state index contributed by atoms with van der Waals surface area (Å²) in [6.45, 7) is 2.14. The van der Waals surface area contributed by atoms with E-state index in [1.54, 1.807) is 35.6 Å². The standard InChI is InChI=1S/C21H18Cl2N2OS2/c1-2-27-13-18-11-12-19(28-18)20(14-3-7-16(22)8-4-14)24-25-21(26)15-5-9-17(23)10-6-15/h3-12H,2,13H2,1H3,(H,25,26). The number of rotatable bonds is 7. The average Bonchev–Trinajstić information content (AvgIpc) is 3.17. The van der Waals surface area contributed by atoms with Gasteiger partial charge < -0.3 is 0 Å². The molecular weight excluding hydrogens is 431 g/mol. The molecule has 2 aromatic carbocycles. The van der Waals surface area contributed by atoms with Crippen molar-refractivity contribution in [2.24, 2.45) is 5.10 Å². The molecule has 3 nitrogen and oxygen atoms in total. The van der Waals surface area contributed by atoms with Gasteiger partial charge in [-0.05, 0) is 54.3 Å². The first-order valence-electron chi connectivity index (χ1n) is 8.63. The normalized spacial score (nSPS) is 11.5. The fraction of sp³-hybridized carbons (Fsp3) is 0.143. The van der Waals surface area contributed by atoms with Crippen LogP contribution in [0.5, 0.6) is 0 Å². The van der Waals surface area contributed by atoms with Crippen LogP contribution < -0.4 is 5.43 Å². The first-order valence-corrected chi connectivity index (χ1v) is 11.4. The molecule has 28 heavy (non-hydrogen) atoms. The Morgan fingerprint density at radius 3 is 2.18 bits per heavy atom. The largest absolute Gasteiger partial charge is 0.271 e. The zero-order chi connectivity index (χ0) is 19.9. The summed E-state index contributed by atoms with van der Waals surface area (Å²) >= 11 is 15.5. The van der Waals surface area contributed by atoms with Gasteiger partial charge in [0.25, 0.3) is 5.91 Å². The lowest BCUT2D eigenvalue weighted by Gasteiger charge is -2.07. The first kappa shape index (κ1) is 20.9. The van der Waals surface area contributed by atoms with Crippen molar-refractivity contribution in [1.82, 2.24) is 5.43 Å². The van der Waals surface area contributed by atoms with Crippen molar-refractivity contribution in [3.05, 3.63) is 91.6 Å². The molecular formula is C21H18Cl2N2OS2. The van der Waals surface area contributed by atoms with Crippen LogP contribution in [0.2, 0.25) is 10.0 Å². The molecule has 1 amide bonds. The molecule has 1 heterocycles. The summed E-state index contributed by atoms with van der Waals surface area (Å²) in [5, 5.41) is 5.66. The maximum Gasteiger partial charge on any atom is 0.271 e. The molecule has 0 aliphatic rings. The average molecular weight is 449 g/mol. The van der Waals surface area contributed by atoms with Crippen molar-refractivity contribution < 1.29 is 4.79 Å². The summed E-state index contributed by atoms with van der Waals surface area (Å²) in [6, 6.07) is 18.3. The SMILES string of the molecule is CCSCc1ccc(C(=NNC(=O)c2ccc(Cl)cc2)c2ccc(Cl)cc2)s1. The molecule has 0 bridgehead atoms. The second-order valence-corrected chi connectivity index (χ2v) is 9.13. The van der Waals surface area contributed by atoms with Crippen molar-refractivity contribution in [2.75, 3.05) is 5.75 Å². The Hall–Kier alpha value is -1.79. The number of hydrazone groups is 1. The van der Waals surface area contributed by atoms with Crippen molar-refractivity contribution in [2.45, 2.75) is 12.7 Å². The molecule has 1 N–H and O–H groups in total. The number of benzene rings is 2. The third kappa shape index (κ3) is 5.61. The highest BCUT2D eigenvalue weighted by Gasteiger charge is 2.12. The highest BCUT2D eigenvalue weighted by Crippen LogP contribution is 2.25. The molecule has 7 heteroatoms. The predicted molar refractivity (Wildman–Crippen MR) is 122 cm³/mol. The van der Waals surface area contributed by atoms with E-state index in [4.69, 9.17) is 23.2 Å². The van der Waals surface area contributed by atoms with Gasteiger partial charge in [-0.3, -0.25) is 4.79 Å². The van der Waals surface area contributed by atoms with Gasteiger partial charge in [0.1, 0.15) is 5.71 Å². The number of nitrogens with zero attached hydrogens (tertiary/aromatic N) is 1. The van der Waals surface area contributed by atoms with Crippen molar-refractivity contribution >= 4 is 57.9 Å². The minimum Gasteiger partial charge on any atom is -0.267 e. The molecule has 0 atom stereocenters. The van der Waals surface area contributed by atoms with Gasteiger partial charge in [0.05, 0.1) is 4.88 Å². The van der Waals surface area contributed by atoms with E-state index in [2.05, 4.69) is 23.5 Å². The number of halogens is 2. The summed E-state index contributed by atoms with van der Waals surface area (Å²) in [7, 11) is 0. The smallest absolute Gasteiger partial charge is 0.267 e. The Kier molecular flexibility index (Phi) is 7.57. The lowest BCUT2D eigenvalue weighted by molar-refractivity contribution is 0.0955. The molecule has 1 aromatic heterocycles. The fourth-order valence-corrected chi connectivity index (χ4v) is 4.48. The van der Waals surface area contributed by atoms with E-state index >= 15 is 0 Å². The number of nitrogens with one attached hydrogen (secondary N) is 1. The van der Waals surface area contributed by atoms with E-state index in [1.165, 1.54) is 4.88 Å². The number of hydrogen-bond acceptors (Lipinski definition) is 4. The van der Waals surface area contributed by atoms with E-state index in [0.29, 0.717) is 21.3 Å². The quantitative estimate of drug-likeness (QED) is 0.331. The third-order valence-electron chi connectivity index (χ3n) is 3.84. The summed E-state index contributed by atoms with van der Waals surface area (Å²) in [5.74, 6) is 1.75. The van der Waals surface area contributed by atoms with Crippen LogP contribution in [-0.4, -0.2) is 17.4 Å². The molecule has 0 radical (unpaired) electrons. The minimum absolute atomic E-state index is 0.290.